The van der Waals surface area contributed by atoms with Crippen LogP contribution >= 0.6 is 0 Å². The van der Waals surface area contributed by atoms with Crippen LogP contribution in [0.15, 0.2) is 0 Å². The molecule has 0 spiro atoms. The van der Waals surface area contributed by atoms with Crippen LogP contribution < -0.4 is 5.32 Å². The fraction of sp³-hybridized carbons (Fsp3) is 1.00. The van der Waals surface area contributed by atoms with Crippen molar-refractivity contribution in [1.82, 2.24) is 10.2 Å². The first-order valence-electron chi connectivity index (χ1n) is 8.80. The minimum absolute atomic E-state index is 0.783. The number of nitrogens with one attached hydrogen (secondary N) is 1. The largest absolute Gasteiger partial charge is 0.310 e. The maximum Gasteiger partial charge on any atom is 0.0200 e. The van der Waals surface area contributed by atoms with Gasteiger partial charge in [0.15, 0.2) is 0 Å². The van der Waals surface area contributed by atoms with Crippen LogP contribution in [0.2, 0.25) is 0 Å². The van der Waals surface area contributed by atoms with E-state index in [4.69, 9.17) is 0 Å². The first-order chi connectivity index (χ1) is 9.30. The summed E-state index contributed by atoms with van der Waals surface area (Å²) in [4.78, 5) is 2.86. The Morgan fingerprint density at radius 3 is 2.42 bits per heavy atom. The molecule has 2 aliphatic carbocycles. The smallest absolute Gasteiger partial charge is 0.0200 e. The lowest BCUT2D eigenvalue weighted by molar-refractivity contribution is 0.0799. The number of hydrogen-bond acceptors (Lipinski definition) is 2. The second kappa shape index (κ2) is 6.13. The Bertz CT molecular complexity index is 283. The van der Waals surface area contributed by atoms with Gasteiger partial charge >= 0.3 is 0 Å². The predicted molar refractivity (Wildman–Crippen MR) is 81.3 cm³/mol. The molecule has 1 aliphatic heterocycles. The maximum atomic E-state index is 3.91. The third-order valence-electron chi connectivity index (χ3n) is 5.36. The van der Waals surface area contributed by atoms with Gasteiger partial charge in [-0.2, -0.15) is 0 Å². The van der Waals surface area contributed by atoms with Crippen LogP contribution in [0.3, 0.4) is 0 Å². The van der Waals surface area contributed by atoms with E-state index in [0.717, 1.165) is 30.0 Å². The number of likely N-dealkylation sites (tertiary alicyclic amines) is 1. The Morgan fingerprint density at radius 2 is 1.84 bits per heavy atom. The predicted octanol–water partition coefficient (Wildman–Crippen LogP) is 3.42. The summed E-state index contributed by atoms with van der Waals surface area (Å²) in [5.41, 5.74) is 0. The lowest BCUT2D eigenvalue weighted by Gasteiger charge is -2.42. The molecule has 0 bridgehead atoms. The van der Waals surface area contributed by atoms with Gasteiger partial charge in [-0.05, 0) is 56.8 Å². The van der Waals surface area contributed by atoms with Crippen molar-refractivity contribution in [2.24, 2.45) is 11.8 Å². The number of nitrogens with zero attached hydrogens (tertiary/aromatic N) is 1. The van der Waals surface area contributed by atoms with Gasteiger partial charge < -0.3 is 5.32 Å². The molecular formula is C17H32N2. The second-order valence-corrected chi connectivity index (χ2v) is 7.30. The summed E-state index contributed by atoms with van der Waals surface area (Å²) in [6, 6.07) is 2.54. The van der Waals surface area contributed by atoms with E-state index in [1.807, 2.05) is 0 Å². The van der Waals surface area contributed by atoms with Gasteiger partial charge in [0.1, 0.15) is 0 Å². The third kappa shape index (κ3) is 3.72. The summed E-state index contributed by atoms with van der Waals surface area (Å²) in [5.74, 6) is 1.98. The molecular weight excluding hydrogens is 232 g/mol. The van der Waals surface area contributed by atoms with Crippen LogP contribution in [-0.4, -0.2) is 36.1 Å². The van der Waals surface area contributed by atoms with E-state index in [1.165, 1.54) is 64.5 Å². The Labute approximate surface area is 119 Å². The lowest BCUT2D eigenvalue weighted by atomic mass is 9.88. The van der Waals surface area contributed by atoms with E-state index >= 15 is 0 Å². The van der Waals surface area contributed by atoms with Crippen molar-refractivity contribution in [2.75, 3.05) is 13.1 Å². The SMILES string of the molecule is CCCC1CC(NC2CC2)CN(C(CC)C2CC2)C1. The molecule has 0 aromatic carbocycles. The molecule has 1 heterocycles. The van der Waals surface area contributed by atoms with E-state index in [0.29, 0.717) is 0 Å². The van der Waals surface area contributed by atoms with Crippen molar-refractivity contribution in [3.05, 3.63) is 0 Å². The zero-order chi connectivity index (χ0) is 13.2. The molecule has 0 radical (unpaired) electrons. The molecule has 0 amide bonds. The molecule has 19 heavy (non-hydrogen) atoms. The van der Waals surface area contributed by atoms with Crippen molar-refractivity contribution in [3.8, 4) is 0 Å². The van der Waals surface area contributed by atoms with Crippen molar-refractivity contribution in [3.63, 3.8) is 0 Å². The lowest BCUT2D eigenvalue weighted by Crippen LogP contribution is -2.53. The first-order valence-corrected chi connectivity index (χ1v) is 8.80. The van der Waals surface area contributed by atoms with E-state index in [-0.39, 0.29) is 0 Å². The molecule has 0 aromatic heterocycles. The summed E-state index contributed by atoms with van der Waals surface area (Å²) < 4.78 is 0. The van der Waals surface area contributed by atoms with Crippen LogP contribution in [0.25, 0.3) is 0 Å². The van der Waals surface area contributed by atoms with Crippen LogP contribution in [0.5, 0.6) is 0 Å². The molecule has 3 rings (SSSR count). The minimum Gasteiger partial charge on any atom is -0.310 e. The number of piperidine rings is 1. The van der Waals surface area contributed by atoms with Gasteiger partial charge in [-0.1, -0.05) is 20.3 Å². The minimum atomic E-state index is 0.783. The molecule has 3 atom stereocenters. The highest BCUT2D eigenvalue weighted by Crippen LogP contribution is 2.39. The Kier molecular flexibility index (Phi) is 4.48. The van der Waals surface area contributed by atoms with Crippen molar-refractivity contribution < 1.29 is 0 Å². The fourth-order valence-electron chi connectivity index (χ4n) is 4.20. The standard InChI is InChI=1S/C17H32N2/c1-3-5-13-10-16(18-15-8-9-15)12-19(11-13)17(4-2)14-6-7-14/h13-18H,3-12H2,1-2H3. The summed E-state index contributed by atoms with van der Waals surface area (Å²) in [5, 5.41) is 3.91. The van der Waals surface area contributed by atoms with Crippen LogP contribution in [0, 0.1) is 11.8 Å². The molecule has 1 saturated heterocycles. The molecule has 3 fully saturated rings. The quantitative estimate of drug-likeness (QED) is 0.758. The summed E-state index contributed by atoms with van der Waals surface area (Å²) >= 11 is 0. The van der Waals surface area contributed by atoms with Gasteiger partial charge in [0.25, 0.3) is 0 Å². The number of rotatable bonds is 7. The Balaban J connectivity index is 1.60. The van der Waals surface area contributed by atoms with Crippen LogP contribution in [-0.2, 0) is 0 Å². The molecule has 1 N–H and O–H groups in total. The van der Waals surface area contributed by atoms with Gasteiger partial charge in [-0.25, -0.2) is 0 Å². The van der Waals surface area contributed by atoms with Gasteiger partial charge in [0.05, 0.1) is 0 Å². The average Bonchev–Trinajstić information content (AvgIpc) is 3.24. The highest BCUT2D eigenvalue weighted by molar-refractivity contribution is 4.95. The van der Waals surface area contributed by atoms with Gasteiger partial charge in [0, 0.05) is 31.2 Å². The topological polar surface area (TPSA) is 15.3 Å². The third-order valence-corrected chi connectivity index (χ3v) is 5.36. The van der Waals surface area contributed by atoms with Gasteiger partial charge in [0.2, 0.25) is 0 Å². The zero-order valence-corrected chi connectivity index (χ0v) is 12.9. The molecule has 2 nitrogen and oxygen atoms in total. The van der Waals surface area contributed by atoms with E-state index in [1.54, 1.807) is 0 Å². The van der Waals surface area contributed by atoms with Crippen molar-refractivity contribution in [2.45, 2.75) is 83.3 Å². The van der Waals surface area contributed by atoms with Crippen molar-refractivity contribution >= 4 is 0 Å². The van der Waals surface area contributed by atoms with E-state index in [2.05, 4.69) is 24.1 Å². The van der Waals surface area contributed by atoms with Crippen LogP contribution in [0.1, 0.15) is 65.2 Å². The highest BCUT2D eigenvalue weighted by atomic mass is 15.2. The van der Waals surface area contributed by atoms with E-state index in [9.17, 15) is 0 Å². The van der Waals surface area contributed by atoms with Gasteiger partial charge in [-0.15, -0.1) is 0 Å². The molecule has 2 heteroatoms. The number of hydrogen-bond donors (Lipinski definition) is 1. The fourth-order valence-corrected chi connectivity index (χ4v) is 4.20. The molecule has 3 unspecified atom stereocenters. The summed E-state index contributed by atoms with van der Waals surface area (Å²) in [6.45, 7) is 7.45. The molecule has 110 valence electrons. The highest BCUT2D eigenvalue weighted by Gasteiger charge is 2.38. The summed E-state index contributed by atoms with van der Waals surface area (Å²) in [6.07, 6.45) is 11.4. The average molecular weight is 264 g/mol. The zero-order valence-electron chi connectivity index (χ0n) is 12.9. The Morgan fingerprint density at radius 1 is 1.05 bits per heavy atom. The van der Waals surface area contributed by atoms with Gasteiger partial charge in [-0.3, -0.25) is 4.90 Å². The normalized spacial score (nSPS) is 34.4. The van der Waals surface area contributed by atoms with Crippen molar-refractivity contribution in [1.29, 1.82) is 0 Å². The first kappa shape index (κ1) is 13.9. The maximum absolute atomic E-state index is 3.91. The second-order valence-electron chi connectivity index (χ2n) is 7.30. The molecule has 0 aromatic rings. The molecule has 2 saturated carbocycles. The summed E-state index contributed by atoms with van der Waals surface area (Å²) in [7, 11) is 0. The van der Waals surface area contributed by atoms with Crippen LogP contribution in [0.4, 0.5) is 0 Å². The molecule has 3 aliphatic rings. The monoisotopic (exact) mass is 264 g/mol. The van der Waals surface area contributed by atoms with E-state index < -0.39 is 0 Å². The Hall–Kier alpha value is -0.0800.